The van der Waals surface area contributed by atoms with Crippen LogP contribution >= 0.6 is 0 Å². The number of esters is 1. The van der Waals surface area contributed by atoms with Crippen molar-refractivity contribution >= 4 is 18.1 Å². The Hall–Kier alpha value is -2.57. The van der Waals surface area contributed by atoms with E-state index in [2.05, 4.69) is 15.4 Å². The van der Waals surface area contributed by atoms with E-state index < -0.39 is 0 Å². The number of aldehydes is 1. The van der Waals surface area contributed by atoms with Crippen molar-refractivity contribution in [2.24, 2.45) is 16.1 Å². The first-order valence-electron chi connectivity index (χ1n) is 6.64. The normalized spacial score (nSPS) is 11.6. The molecule has 112 valence electrons. The van der Waals surface area contributed by atoms with Crippen LogP contribution in [0, 0.1) is 0 Å². The zero-order chi connectivity index (χ0) is 15.5. The number of ether oxygens (including phenoxy) is 1. The maximum absolute atomic E-state index is 11.1. The Morgan fingerprint density at radius 3 is 2.71 bits per heavy atom. The summed E-state index contributed by atoms with van der Waals surface area (Å²) in [5.74, 6) is 0.0166. The molecule has 0 aromatic heterocycles. The van der Waals surface area contributed by atoms with Crippen LogP contribution in [0.25, 0.3) is 0 Å². The van der Waals surface area contributed by atoms with Crippen LogP contribution in [-0.2, 0) is 9.53 Å². The number of hydrogen-bond acceptors (Lipinski definition) is 4. The van der Waals surface area contributed by atoms with E-state index in [1.54, 1.807) is 31.2 Å². The molecule has 0 aliphatic heterocycles. The predicted octanol–water partition coefficient (Wildman–Crippen LogP) is -0.00450. The molecule has 0 unspecified atom stereocenters. The Labute approximate surface area is 122 Å². The van der Waals surface area contributed by atoms with Crippen molar-refractivity contribution in [3.63, 3.8) is 0 Å². The van der Waals surface area contributed by atoms with E-state index in [1.807, 2.05) is 0 Å². The largest absolute Gasteiger partial charge is 0.466 e. The lowest BCUT2D eigenvalue weighted by Gasteiger charge is -1.97. The fourth-order valence-electron chi connectivity index (χ4n) is 1.47. The van der Waals surface area contributed by atoms with E-state index in [0.29, 0.717) is 37.1 Å². The Balaban J connectivity index is 2.38. The number of amidine groups is 1. The second-order valence-corrected chi connectivity index (χ2v) is 4.14. The van der Waals surface area contributed by atoms with Gasteiger partial charge in [0, 0.05) is 17.5 Å². The number of carbonyl (C=O) groups is 2. The van der Waals surface area contributed by atoms with E-state index in [1.165, 1.54) is 0 Å². The summed E-state index contributed by atoms with van der Waals surface area (Å²) in [6, 6.07) is 6.69. The number of benzene rings is 1. The standard InChI is InChI=1S/C14H18N4O3/c1-2-21-13(20)4-3-9-16-18-17-14(15)12-7-5-11(10-19)6-8-12/h5-8,10H,2-4,9H2,1H3,(H2,15,16,17)/p+1. The molecular formula is C14H19N4O3+. The van der Waals surface area contributed by atoms with E-state index >= 15 is 0 Å². The van der Waals surface area contributed by atoms with Crippen LogP contribution in [-0.4, -0.2) is 31.2 Å². The fraction of sp³-hybridized carbons (Fsp3) is 0.357. The lowest BCUT2D eigenvalue weighted by Crippen LogP contribution is -2.65. The first kappa shape index (κ1) is 16.5. The molecule has 7 nitrogen and oxygen atoms in total. The highest BCUT2D eigenvalue weighted by Crippen LogP contribution is 2.01. The Morgan fingerprint density at radius 1 is 1.38 bits per heavy atom. The van der Waals surface area contributed by atoms with Crippen LogP contribution in [0.15, 0.2) is 34.6 Å². The molecule has 7 heteroatoms. The number of nitrogens with zero attached hydrogens (tertiary/aromatic N) is 2. The van der Waals surface area contributed by atoms with E-state index in [4.69, 9.17) is 10.5 Å². The summed E-state index contributed by atoms with van der Waals surface area (Å²) in [5.41, 5.74) is 6.99. The summed E-state index contributed by atoms with van der Waals surface area (Å²) < 4.78 is 4.79. The molecule has 0 radical (unpaired) electrons. The summed E-state index contributed by atoms with van der Waals surface area (Å²) in [6.07, 6.45) is 1.70. The van der Waals surface area contributed by atoms with Gasteiger partial charge in [0.2, 0.25) is 0 Å². The molecule has 1 aromatic rings. The summed E-state index contributed by atoms with van der Waals surface area (Å²) in [6.45, 7) is 2.66. The lowest BCUT2D eigenvalue weighted by atomic mass is 10.1. The van der Waals surface area contributed by atoms with Crippen molar-refractivity contribution < 1.29 is 19.4 Å². The van der Waals surface area contributed by atoms with E-state index in [0.717, 1.165) is 6.29 Å². The minimum atomic E-state index is -0.224. The average Bonchev–Trinajstić information content (AvgIpc) is 2.51. The minimum absolute atomic E-state index is 0.224. The van der Waals surface area contributed by atoms with Crippen LogP contribution < -0.4 is 10.8 Å². The first-order chi connectivity index (χ1) is 10.2. The average molecular weight is 291 g/mol. The number of rotatable bonds is 8. The quantitative estimate of drug-likeness (QED) is 0.134. The van der Waals surface area contributed by atoms with Crippen molar-refractivity contribution in [3.8, 4) is 0 Å². The highest BCUT2D eigenvalue weighted by atomic mass is 16.5. The van der Waals surface area contributed by atoms with Gasteiger partial charge in [-0.2, -0.15) is 5.11 Å². The molecule has 0 heterocycles. The summed E-state index contributed by atoms with van der Waals surface area (Å²) in [7, 11) is 0. The van der Waals surface area contributed by atoms with Crippen molar-refractivity contribution in [2.75, 3.05) is 13.2 Å². The third-order valence-electron chi connectivity index (χ3n) is 2.55. The lowest BCUT2D eigenvalue weighted by molar-refractivity contribution is -0.534. The molecule has 0 atom stereocenters. The molecule has 21 heavy (non-hydrogen) atoms. The molecule has 0 saturated carbocycles. The van der Waals surface area contributed by atoms with Crippen LogP contribution in [0.2, 0.25) is 0 Å². The molecule has 0 aliphatic rings. The monoisotopic (exact) mass is 291 g/mol. The molecular weight excluding hydrogens is 272 g/mol. The van der Waals surface area contributed by atoms with Crippen LogP contribution in [0.5, 0.6) is 0 Å². The second kappa shape index (κ2) is 9.35. The molecule has 0 amide bonds. The van der Waals surface area contributed by atoms with E-state index in [9.17, 15) is 9.59 Å². The fourth-order valence-corrected chi connectivity index (χ4v) is 1.47. The number of nitrogens with two attached hydrogens (primary N) is 1. The molecule has 0 bridgehead atoms. The Bertz CT molecular complexity index is 524. The molecule has 0 spiro atoms. The van der Waals surface area contributed by atoms with Crippen LogP contribution in [0.3, 0.4) is 0 Å². The summed E-state index contributed by atoms with van der Waals surface area (Å²) in [5, 5.41) is 10.2. The van der Waals surface area contributed by atoms with Gasteiger partial charge in [-0.15, -0.1) is 0 Å². The van der Waals surface area contributed by atoms with Gasteiger partial charge in [0.25, 0.3) is 5.84 Å². The van der Waals surface area contributed by atoms with Gasteiger partial charge in [0.05, 0.1) is 11.7 Å². The molecule has 1 rings (SSSR count). The van der Waals surface area contributed by atoms with Crippen LogP contribution in [0.1, 0.15) is 35.7 Å². The maximum atomic E-state index is 11.1. The van der Waals surface area contributed by atoms with Gasteiger partial charge in [0.1, 0.15) is 18.1 Å². The highest BCUT2D eigenvalue weighted by molar-refractivity contribution is 5.97. The molecule has 3 N–H and O–H groups in total. The molecule has 0 saturated heterocycles. The Morgan fingerprint density at radius 2 is 2.10 bits per heavy atom. The van der Waals surface area contributed by atoms with Gasteiger partial charge in [-0.05, 0) is 25.5 Å². The second-order valence-electron chi connectivity index (χ2n) is 4.14. The third-order valence-corrected chi connectivity index (χ3v) is 2.55. The molecule has 1 aromatic carbocycles. The topological polar surface area (TPSA) is 108 Å². The zero-order valence-corrected chi connectivity index (χ0v) is 11.9. The first-order valence-corrected chi connectivity index (χ1v) is 6.64. The third kappa shape index (κ3) is 6.42. The summed E-state index contributed by atoms with van der Waals surface area (Å²) in [4.78, 5) is 21.6. The minimum Gasteiger partial charge on any atom is -0.466 e. The van der Waals surface area contributed by atoms with Crippen molar-refractivity contribution in [3.05, 3.63) is 35.4 Å². The highest BCUT2D eigenvalue weighted by Gasteiger charge is 2.04. The number of nitrogens with one attached hydrogen (secondary N) is 1. The van der Waals surface area contributed by atoms with Gasteiger partial charge < -0.3 is 10.5 Å². The number of carbonyl (C=O) groups excluding carboxylic acids is 2. The van der Waals surface area contributed by atoms with Crippen molar-refractivity contribution in [1.82, 2.24) is 0 Å². The van der Waals surface area contributed by atoms with Gasteiger partial charge in [0.15, 0.2) is 0 Å². The van der Waals surface area contributed by atoms with Gasteiger partial charge >= 0.3 is 5.97 Å². The molecule has 0 fully saturated rings. The smallest absolute Gasteiger partial charge is 0.305 e. The zero-order valence-electron chi connectivity index (χ0n) is 11.9. The van der Waals surface area contributed by atoms with E-state index in [-0.39, 0.29) is 11.8 Å². The predicted molar refractivity (Wildman–Crippen MR) is 76.7 cm³/mol. The number of hydrogen-bond donors (Lipinski definition) is 2. The molecule has 0 aliphatic carbocycles. The van der Waals surface area contributed by atoms with Crippen LogP contribution in [0.4, 0.5) is 0 Å². The van der Waals surface area contributed by atoms with Crippen molar-refractivity contribution in [2.45, 2.75) is 19.8 Å². The van der Waals surface area contributed by atoms with Gasteiger partial charge in [-0.3, -0.25) is 9.59 Å². The SMILES string of the molecule is CCOC(=O)CCC[NH+]=NN=C(N)c1ccc(C=O)cc1. The van der Waals surface area contributed by atoms with Gasteiger partial charge in [-0.25, -0.2) is 0 Å². The Kier molecular flexibility index (Phi) is 7.34. The van der Waals surface area contributed by atoms with Gasteiger partial charge in [-0.1, -0.05) is 12.1 Å². The summed E-state index contributed by atoms with van der Waals surface area (Å²) >= 11 is 0. The van der Waals surface area contributed by atoms with Crippen molar-refractivity contribution in [1.29, 1.82) is 0 Å². The maximum Gasteiger partial charge on any atom is 0.305 e.